The van der Waals surface area contributed by atoms with E-state index >= 15 is 0 Å². The van der Waals surface area contributed by atoms with Gasteiger partial charge in [0.05, 0.1) is 26.9 Å². The molecule has 1 aliphatic rings. The van der Waals surface area contributed by atoms with Crippen molar-refractivity contribution in [1.29, 1.82) is 0 Å². The van der Waals surface area contributed by atoms with Gasteiger partial charge in [0.2, 0.25) is 5.91 Å². The molecule has 1 aromatic heterocycles. The maximum absolute atomic E-state index is 12.9. The molecule has 1 saturated heterocycles. The minimum atomic E-state index is 0.0800. The van der Waals surface area contributed by atoms with Crippen LogP contribution >= 0.6 is 11.3 Å². The number of anilines is 1. The van der Waals surface area contributed by atoms with Crippen LogP contribution in [0.4, 0.5) is 5.13 Å². The average Bonchev–Trinajstić information content (AvgIpc) is 3.32. The van der Waals surface area contributed by atoms with Crippen LogP contribution in [0.5, 0.6) is 11.5 Å². The lowest BCUT2D eigenvalue weighted by Crippen LogP contribution is -2.37. The van der Waals surface area contributed by atoms with E-state index in [1.807, 2.05) is 12.1 Å². The van der Waals surface area contributed by atoms with Gasteiger partial charge >= 0.3 is 0 Å². The number of fused-ring (bicyclic) bond motifs is 1. The molecule has 6 nitrogen and oxygen atoms in total. The molecule has 0 aliphatic carbocycles. The smallest absolute Gasteiger partial charge is 0.228 e. The first-order valence-electron chi connectivity index (χ1n) is 9.11. The Labute approximate surface area is 158 Å². The van der Waals surface area contributed by atoms with Crippen molar-refractivity contribution in [3.8, 4) is 11.5 Å². The summed E-state index contributed by atoms with van der Waals surface area (Å²) in [6.45, 7) is 3.40. The quantitative estimate of drug-likeness (QED) is 0.694. The highest BCUT2D eigenvalue weighted by molar-refractivity contribution is 7.22. The first kappa shape index (κ1) is 18.9. The molecular weight excluding hydrogens is 352 g/mol. The molecule has 0 radical (unpaired) electrons. The van der Waals surface area contributed by atoms with Gasteiger partial charge in [0, 0.05) is 13.0 Å². The van der Waals surface area contributed by atoms with Crippen molar-refractivity contribution in [2.24, 2.45) is 0 Å². The number of nitrogens with zero attached hydrogens (tertiary/aromatic N) is 2. The SMILES string of the molecule is CCCCC(=O)N(CC1CCCO1)c1nc2c(OC)ccc(OC)c2s1. The van der Waals surface area contributed by atoms with E-state index in [9.17, 15) is 4.79 Å². The Bertz CT molecular complexity index is 714. The van der Waals surface area contributed by atoms with E-state index in [0.717, 1.165) is 48.3 Å². The van der Waals surface area contributed by atoms with Gasteiger partial charge in [-0.05, 0) is 31.4 Å². The molecule has 0 saturated carbocycles. The van der Waals surface area contributed by atoms with Gasteiger partial charge < -0.3 is 14.2 Å². The lowest BCUT2D eigenvalue weighted by Gasteiger charge is -2.23. The number of thiazole rings is 1. The minimum Gasteiger partial charge on any atom is -0.495 e. The molecule has 2 aromatic rings. The third-order valence-electron chi connectivity index (χ3n) is 4.59. The minimum absolute atomic E-state index is 0.0800. The Kier molecular flexibility index (Phi) is 6.32. The van der Waals surface area contributed by atoms with Crippen molar-refractivity contribution >= 4 is 32.6 Å². The number of methoxy groups -OCH3 is 2. The van der Waals surface area contributed by atoms with Gasteiger partial charge in [0.25, 0.3) is 0 Å². The summed E-state index contributed by atoms with van der Waals surface area (Å²) in [5.41, 5.74) is 0.729. The fourth-order valence-corrected chi connectivity index (χ4v) is 4.23. The molecule has 1 aliphatic heterocycles. The lowest BCUT2D eigenvalue weighted by molar-refractivity contribution is -0.119. The summed E-state index contributed by atoms with van der Waals surface area (Å²) >= 11 is 1.46. The fraction of sp³-hybridized carbons (Fsp3) is 0.579. The number of hydrogen-bond donors (Lipinski definition) is 0. The van der Waals surface area contributed by atoms with Gasteiger partial charge in [-0.3, -0.25) is 9.69 Å². The maximum Gasteiger partial charge on any atom is 0.228 e. The van der Waals surface area contributed by atoms with Gasteiger partial charge in [-0.2, -0.15) is 0 Å². The van der Waals surface area contributed by atoms with Crippen molar-refractivity contribution in [3.05, 3.63) is 12.1 Å². The molecule has 142 valence electrons. The molecular formula is C19H26N2O4S. The van der Waals surface area contributed by atoms with Crippen molar-refractivity contribution in [1.82, 2.24) is 4.98 Å². The molecule has 1 atom stereocenters. The molecule has 7 heteroatoms. The van der Waals surface area contributed by atoms with Crippen LogP contribution in [0.15, 0.2) is 12.1 Å². The van der Waals surface area contributed by atoms with Crippen LogP contribution in [0.2, 0.25) is 0 Å². The molecule has 3 rings (SSSR count). The summed E-state index contributed by atoms with van der Waals surface area (Å²) in [6, 6.07) is 3.71. The first-order chi connectivity index (χ1) is 12.7. The monoisotopic (exact) mass is 378 g/mol. The molecule has 1 unspecified atom stereocenters. The summed E-state index contributed by atoms with van der Waals surface area (Å²) < 4.78 is 17.6. The molecule has 26 heavy (non-hydrogen) atoms. The maximum atomic E-state index is 12.9. The van der Waals surface area contributed by atoms with Gasteiger partial charge in [-0.15, -0.1) is 0 Å². The molecule has 0 bridgehead atoms. The summed E-state index contributed by atoms with van der Waals surface area (Å²) in [4.78, 5) is 19.4. The Balaban J connectivity index is 1.97. The van der Waals surface area contributed by atoms with Crippen molar-refractivity contribution in [3.63, 3.8) is 0 Å². The van der Waals surface area contributed by atoms with Crippen LogP contribution in [0.3, 0.4) is 0 Å². The average molecular weight is 378 g/mol. The predicted molar refractivity (Wildman–Crippen MR) is 104 cm³/mol. The summed E-state index contributed by atoms with van der Waals surface area (Å²) in [5.74, 6) is 1.52. The highest BCUT2D eigenvalue weighted by atomic mass is 32.1. The van der Waals surface area contributed by atoms with Crippen LogP contribution in [-0.2, 0) is 9.53 Å². The van der Waals surface area contributed by atoms with E-state index in [1.165, 1.54) is 11.3 Å². The van der Waals surface area contributed by atoms with E-state index in [1.54, 1.807) is 19.1 Å². The highest BCUT2D eigenvalue weighted by Crippen LogP contribution is 2.40. The third-order valence-corrected chi connectivity index (χ3v) is 5.68. The number of rotatable bonds is 8. The highest BCUT2D eigenvalue weighted by Gasteiger charge is 2.27. The zero-order valence-corrected chi connectivity index (χ0v) is 16.4. The van der Waals surface area contributed by atoms with Crippen LogP contribution < -0.4 is 14.4 Å². The Morgan fingerprint density at radius 3 is 2.77 bits per heavy atom. The fourth-order valence-electron chi connectivity index (χ4n) is 3.13. The zero-order valence-electron chi connectivity index (χ0n) is 15.6. The topological polar surface area (TPSA) is 60.9 Å². The third kappa shape index (κ3) is 3.94. The van der Waals surface area contributed by atoms with Crippen LogP contribution in [0, 0.1) is 0 Å². The Morgan fingerprint density at radius 2 is 2.12 bits per heavy atom. The van der Waals surface area contributed by atoms with Gasteiger partial charge in [0.1, 0.15) is 21.7 Å². The van der Waals surface area contributed by atoms with E-state index in [2.05, 4.69) is 6.92 Å². The number of ether oxygens (including phenoxy) is 3. The van der Waals surface area contributed by atoms with E-state index in [-0.39, 0.29) is 12.0 Å². The molecule has 1 aromatic carbocycles. The molecule has 1 fully saturated rings. The number of aromatic nitrogens is 1. The van der Waals surface area contributed by atoms with E-state index in [0.29, 0.717) is 23.8 Å². The second-order valence-corrected chi connectivity index (χ2v) is 7.36. The summed E-state index contributed by atoms with van der Waals surface area (Å²) in [6.07, 6.45) is 4.49. The number of carbonyl (C=O) groups excluding carboxylic acids is 1. The van der Waals surface area contributed by atoms with Gasteiger partial charge in [-0.25, -0.2) is 4.98 Å². The second-order valence-electron chi connectivity index (χ2n) is 6.39. The Hall–Kier alpha value is -1.86. The number of unbranched alkanes of at least 4 members (excludes halogenated alkanes) is 1. The predicted octanol–water partition coefficient (Wildman–Crippen LogP) is 4.02. The Morgan fingerprint density at radius 1 is 1.35 bits per heavy atom. The second kappa shape index (κ2) is 8.68. The summed E-state index contributed by atoms with van der Waals surface area (Å²) in [5, 5.41) is 0.680. The van der Waals surface area contributed by atoms with Crippen molar-refractivity contribution in [2.75, 3.05) is 32.3 Å². The molecule has 1 amide bonds. The zero-order chi connectivity index (χ0) is 18.5. The number of carbonyl (C=O) groups is 1. The normalized spacial score (nSPS) is 16.8. The van der Waals surface area contributed by atoms with Crippen LogP contribution in [-0.4, -0.2) is 44.4 Å². The van der Waals surface area contributed by atoms with Gasteiger partial charge in [-0.1, -0.05) is 24.7 Å². The van der Waals surface area contributed by atoms with Crippen molar-refractivity contribution < 1.29 is 19.0 Å². The number of amides is 1. The molecule has 0 N–H and O–H groups in total. The molecule has 2 heterocycles. The van der Waals surface area contributed by atoms with Crippen molar-refractivity contribution in [2.45, 2.75) is 45.1 Å². The number of hydrogen-bond acceptors (Lipinski definition) is 6. The van der Waals surface area contributed by atoms with Crippen LogP contribution in [0.1, 0.15) is 39.0 Å². The van der Waals surface area contributed by atoms with Gasteiger partial charge in [0.15, 0.2) is 5.13 Å². The van der Waals surface area contributed by atoms with E-state index < -0.39 is 0 Å². The molecule has 0 spiro atoms. The lowest BCUT2D eigenvalue weighted by atomic mass is 10.2. The first-order valence-corrected chi connectivity index (χ1v) is 9.93. The summed E-state index contributed by atoms with van der Waals surface area (Å²) in [7, 11) is 3.26. The largest absolute Gasteiger partial charge is 0.495 e. The van der Waals surface area contributed by atoms with Crippen LogP contribution in [0.25, 0.3) is 10.2 Å². The standard InChI is InChI=1S/C19H26N2O4S/c1-4-5-8-16(22)21(12-13-7-6-11-25-13)19-20-17-14(23-2)9-10-15(24-3)18(17)26-19/h9-10,13H,4-8,11-12H2,1-3H3. The van der Waals surface area contributed by atoms with E-state index in [4.69, 9.17) is 19.2 Å². The number of benzene rings is 1.